The van der Waals surface area contributed by atoms with E-state index in [1.165, 1.54) is 19.2 Å². The van der Waals surface area contributed by atoms with Gasteiger partial charge < -0.3 is 19.1 Å². The van der Waals surface area contributed by atoms with Gasteiger partial charge in [-0.2, -0.15) is 0 Å². The number of sulfone groups is 1. The van der Waals surface area contributed by atoms with E-state index < -0.39 is 32.8 Å². The number of benzene rings is 1. The summed E-state index contributed by atoms with van der Waals surface area (Å²) in [5.74, 6) is -2.00. The number of ketones is 2. The molecule has 0 bridgehead atoms. The second kappa shape index (κ2) is 9.05. The molecule has 1 aromatic rings. The van der Waals surface area contributed by atoms with Crippen molar-refractivity contribution in [3.8, 4) is 5.75 Å². The van der Waals surface area contributed by atoms with E-state index in [0.717, 1.165) is 6.26 Å². The first kappa shape index (κ1) is 25.4. The topological polar surface area (TPSA) is 116 Å². The molecule has 0 amide bonds. The van der Waals surface area contributed by atoms with Crippen LogP contribution in [0.5, 0.6) is 5.75 Å². The molecule has 4 rings (SSSR count). The van der Waals surface area contributed by atoms with Gasteiger partial charge in [0.05, 0.1) is 32.5 Å². The molecule has 9 nitrogen and oxygen atoms in total. The van der Waals surface area contributed by atoms with Crippen molar-refractivity contribution in [2.45, 2.75) is 32.1 Å². The average molecular weight is 506 g/mol. The van der Waals surface area contributed by atoms with Crippen LogP contribution in [0.25, 0.3) is 0 Å². The molecule has 2 fully saturated rings. The summed E-state index contributed by atoms with van der Waals surface area (Å²) in [4.78, 5) is 43.0. The fourth-order valence-corrected chi connectivity index (χ4v) is 6.29. The Morgan fingerprint density at radius 3 is 2.46 bits per heavy atom. The molecule has 3 aliphatic rings. The van der Waals surface area contributed by atoms with E-state index in [4.69, 9.17) is 14.2 Å². The number of allylic oxidation sites excluding steroid dienone is 2. The van der Waals surface area contributed by atoms with Crippen LogP contribution in [0.1, 0.15) is 36.2 Å². The van der Waals surface area contributed by atoms with Crippen molar-refractivity contribution >= 4 is 27.4 Å². The van der Waals surface area contributed by atoms with Crippen LogP contribution < -0.4 is 4.74 Å². The lowest BCUT2D eigenvalue weighted by Gasteiger charge is -2.38. The summed E-state index contributed by atoms with van der Waals surface area (Å²) >= 11 is 0. The molecular weight excluding hydrogens is 474 g/mol. The Morgan fingerprint density at radius 1 is 1.23 bits per heavy atom. The van der Waals surface area contributed by atoms with Crippen LogP contribution >= 0.6 is 0 Å². The van der Waals surface area contributed by atoms with Gasteiger partial charge >= 0.3 is 5.97 Å². The maximum absolute atomic E-state index is 14.1. The summed E-state index contributed by atoms with van der Waals surface area (Å²) < 4.78 is 40.6. The SMILES string of the molecule is CCOC(=O)C1(C)C(=O)C(C(=O)c2ccc(S(C)(=O)=O)c(OC)c2C)=C(N2CCOCC2)C2CC21. The van der Waals surface area contributed by atoms with E-state index >= 15 is 0 Å². The molecule has 0 aromatic heterocycles. The minimum atomic E-state index is -3.61. The number of morpholine rings is 1. The molecule has 35 heavy (non-hydrogen) atoms. The largest absolute Gasteiger partial charge is 0.495 e. The number of methoxy groups -OCH3 is 1. The van der Waals surface area contributed by atoms with Gasteiger partial charge in [-0.3, -0.25) is 14.4 Å². The second-order valence-corrected chi connectivity index (χ2v) is 11.4. The highest BCUT2D eigenvalue weighted by atomic mass is 32.2. The van der Waals surface area contributed by atoms with Crippen LogP contribution in [0.2, 0.25) is 0 Å². The van der Waals surface area contributed by atoms with Crippen molar-refractivity contribution in [2.75, 3.05) is 46.3 Å². The normalized spacial score (nSPS) is 26.3. The van der Waals surface area contributed by atoms with E-state index in [1.807, 2.05) is 4.90 Å². The first-order valence-corrected chi connectivity index (χ1v) is 13.6. The third-order valence-corrected chi connectivity index (χ3v) is 8.45. The van der Waals surface area contributed by atoms with Gasteiger partial charge in [-0.15, -0.1) is 0 Å². The van der Waals surface area contributed by atoms with E-state index in [1.54, 1.807) is 20.8 Å². The molecule has 1 aromatic carbocycles. The highest BCUT2D eigenvalue weighted by Gasteiger charge is 2.66. The number of nitrogens with zero attached hydrogens (tertiary/aromatic N) is 1. The van der Waals surface area contributed by atoms with E-state index in [9.17, 15) is 22.8 Å². The number of hydrogen-bond donors (Lipinski definition) is 0. The molecule has 1 saturated heterocycles. The Morgan fingerprint density at radius 2 is 1.89 bits per heavy atom. The molecule has 190 valence electrons. The molecule has 1 heterocycles. The first-order chi connectivity index (χ1) is 16.5. The van der Waals surface area contributed by atoms with Crippen LogP contribution in [0, 0.1) is 24.2 Å². The van der Waals surface area contributed by atoms with Crippen molar-refractivity contribution in [2.24, 2.45) is 17.3 Å². The molecule has 3 unspecified atom stereocenters. The average Bonchev–Trinajstić information content (AvgIpc) is 3.62. The third kappa shape index (κ3) is 4.06. The number of Topliss-reactive ketones (excluding diaryl/α,β-unsaturated/α-hetero) is 2. The van der Waals surface area contributed by atoms with Gasteiger partial charge in [-0.05, 0) is 45.2 Å². The number of rotatable bonds is 7. The van der Waals surface area contributed by atoms with Gasteiger partial charge in [-0.1, -0.05) is 0 Å². The first-order valence-electron chi connectivity index (χ1n) is 11.7. The number of ether oxygens (including phenoxy) is 3. The predicted octanol–water partition coefficient (Wildman–Crippen LogP) is 1.96. The molecular formula is C25H31NO8S. The molecule has 10 heteroatoms. The van der Waals surface area contributed by atoms with E-state index in [-0.39, 0.29) is 40.2 Å². The second-order valence-electron chi connectivity index (χ2n) is 9.43. The van der Waals surface area contributed by atoms with Gasteiger partial charge in [0.15, 0.2) is 21.4 Å². The molecule has 1 aliphatic heterocycles. The number of fused-ring (bicyclic) bond motifs is 1. The van der Waals surface area contributed by atoms with Gasteiger partial charge in [0.25, 0.3) is 0 Å². The van der Waals surface area contributed by atoms with Crippen molar-refractivity contribution < 1.29 is 37.0 Å². The Kier molecular flexibility index (Phi) is 6.56. The fraction of sp³-hybridized carbons (Fsp3) is 0.560. The number of hydrogen-bond acceptors (Lipinski definition) is 9. The number of carbonyl (C=O) groups excluding carboxylic acids is 3. The molecule has 0 N–H and O–H groups in total. The zero-order valence-corrected chi connectivity index (χ0v) is 21.5. The molecule has 0 spiro atoms. The smallest absolute Gasteiger partial charge is 0.320 e. The van der Waals surface area contributed by atoms with Gasteiger partial charge in [0.2, 0.25) is 0 Å². The number of esters is 1. The minimum absolute atomic E-state index is 0.0292. The lowest BCUT2D eigenvalue weighted by atomic mass is 9.70. The highest BCUT2D eigenvalue weighted by molar-refractivity contribution is 7.90. The van der Waals surface area contributed by atoms with Crippen molar-refractivity contribution in [1.29, 1.82) is 0 Å². The van der Waals surface area contributed by atoms with Crippen LogP contribution in [-0.4, -0.2) is 77.1 Å². The van der Waals surface area contributed by atoms with Crippen molar-refractivity contribution in [3.63, 3.8) is 0 Å². The lowest BCUT2D eigenvalue weighted by Crippen LogP contribution is -2.48. The Labute approximate surface area is 205 Å². The molecule has 3 atom stereocenters. The van der Waals surface area contributed by atoms with Crippen molar-refractivity contribution in [1.82, 2.24) is 4.90 Å². The lowest BCUT2D eigenvalue weighted by molar-refractivity contribution is -0.160. The Bertz CT molecular complexity index is 1230. The quantitative estimate of drug-likeness (QED) is 0.237. The van der Waals surface area contributed by atoms with Crippen molar-refractivity contribution in [3.05, 3.63) is 34.5 Å². The molecule has 0 radical (unpaired) electrons. The fourth-order valence-electron chi connectivity index (χ4n) is 5.40. The van der Waals surface area contributed by atoms with Crippen LogP contribution in [0.4, 0.5) is 0 Å². The Hall–Kier alpha value is -2.72. The summed E-state index contributed by atoms with van der Waals surface area (Å²) in [5.41, 5.74) is -0.350. The van der Waals surface area contributed by atoms with Crippen LogP contribution in [0.15, 0.2) is 28.3 Å². The minimum Gasteiger partial charge on any atom is -0.495 e. The van der Waals surface area contributed by atoms with E-state index in [0.29, 0.717) is 44.0 Å². The monoisotopic (exact) mass is 505 g/mol. The molecule has 1 saturated carbocycles. The standard InChI is InChI=1S/C25H31NO8S/c1-6-34-24(29)25(3)17-13-16(17)20(26-9-11-33-12-10-26)19(23(25)28)21(27)15-7-8-18(35(5,30)31)22(32-4)14(15)2/h7-8,16-17H,6,9-13H2,1-5H3. The predicted molar refractivity (Wildman–Crippen MR) is 126 cm³/mol. The highest BCUT2D eigenvalue weighted by Crippen LogP contribution is 2.61. The van der Waals surface area contributed by atoms with Gasteiger partial charge in [0, 0.05) is 42.1 Å². The zero-order valence-electron chi connectivity index (χ0n) is 20.7. The summed E-state index contributed by atoms with van der Waals surface area (Å²) in [5, 5.41) is 0. The maximum atomic E-state index is 14.1. The van der Waals surface area contributed by atoms with Gasteiger partial charge in [0.1, 0.15) is 16.1 Å². The Balaban J connectivity index is 1.89. The number of carbonyl (C=O) groups is 3. The summed E-state index contributed by atoms with van der Waals surface area (Å²) in [6.45, 7) is 6.99. The molecule has 2 aliphatic carbocycles. The zero-order chi connectivity index (χ0) is 25.7. The maximum Gasteiger partial charge on any atom is 0.320 e. The third-order valence-electron chi connectivity index (χ3n) is 7.33. The van der Waals surface area contributed by atoms with Crippen LogP contribution in [-0.2, 0) is 28.9 Å². The summed E-state index contributed by atoms with van der Waals surface area (Å²) in [7, 11) is -2.28. The van der Waals surface area contributed by atoms with Crippen LogP contribution in [0.3, 0.4) is 0 Å². The van der Waals surface area contributed by atoms with Gasteiger partial charge in [-0.25, -0.2) is 8.42 Å². The summed E-state index contributed by atoms with van der Waals surface area (Å²) in [6, 6.07) is 2.73. The van der Waals surface area contributed by atoms with E-state index in [2.05, 4.69) is 0 Å². The summed E-state index contributed by atoms with van der Waals surface area (Å²) in [6.07, 6.45) is 1.67.